The maximum absolute atomic E-state index is 13.0. The van der Waals surface area contributed by atoms with Crippen LogP contribution in [0.1, 0.15) is 65.9 Å². The van der Waals surface area contributed by atoms with Gasteiger partial charge in [-0.25, -0.2) is 4.79 Å². The largest absolute Gasteiger partial charge is 0.489 e. The molecule has 0 saturated heterocycles. The predicted molar refractivity (Wildman–Crippen MR) is 120 cm³/mol. The molecule has 6 nitrogen and oxygen atoms in total. The average Bonchev–Trinajstić information content (AvgIpc) is 2.82. The second-order valence-corrected chi connectivity index (χ2v) is 8.59. The summed E-state index contributed by atoms with van der Waals surface area (Å²) < 4.78 is 12.3. The molecule has 0 fully saturated rings. The van der Waals surface area contributed by atoms with E-state index in [1.807, 2.05) is 24.3 Å². The number of carboxylic acid groups (broad SMARTS) is 1. The number of ketones is 2. The highest BCUT2D eigenvalue weighted by Crippen LogP contribution is 2.49. The van der Waals surface area contributed by atoms with Gasteiger partial charge in [0.1, 0.15) is 23.9 Å². The summed E-state index contributed by atoms with van der Waals surface area (Å²) in [5, 5.41) is 9.09. The zero-order valence-electron chi connectivity index (χ0n) is 18.1. The summed E-state index contributed by atoms with van der Waals surface area (Å²) in [5.41, 5.74) is 3.01. The number of para-hydroxylation sites is 1. The van der Waals surface area contributed by atoms with Crippen molar-refractivity contribution in [2.45, 2.75) is 51.0 Å². The van der Waals surface area contributed by atoms with Crippen LogP contribution >= 0.6 is 0 Å². The van der Waals surface area contributed by atoms with E-state index in [0.717, 1.165) is 24.0 Å². The first-order valence-electron chi connectivity index (χ1n) is 11.3. The van der Waals surface area contributed by atoms with Gasteiger partial charge in [-0.3, -0.25) is 9.59 Å². The van der Waals surface area contributed by atoms with E-state index in [2.05, 4.69) is 0 Å². The molecular weight excluding hydrogens is 420 g/mol. The van der Waals surface area contributed by atoms with Crippen LogP contribution in [0.3, 0.4) is 0 Å². The van der Waals surface area contributed by atoms with Crippen LogP contribution in [0.2, 0.25) is 0 Å². The fourth-order valence-corrected chi connectivity index (χ4v) is 4.88. The molecule has 0 atom stereocenters. The molecule has 2 aromatic rings. The van der Waals surface area contributed by atoms with E-state index in [-0.39, 0.29) is 23.7 Å². The molecule has 3 aliphatic rings. The molecule has 5 rings (SSSR count). The lowest BCUT2D eigenvalue weighted by Gasteiger charge is -2.36. The van der Waals surface area contributed by atoms with Crippen LogP contribution in [0.5, 0.6) is 5.75 Å². The van der Waals surface area contributed by atoms with Gasteiger partial charge in [-0.05, 0) is 36.6 Å². The molecule has 1 N–H and O–H groups in total. The minimum absolute atomic E-state index is 0.0326. The number of rotatable bonds is 5. The molecule has 2 aromatic carbocycles. The second-order valence-electron chi connectivity index (χ2n) is 8.59. The van der Waals surface area contributed by atoms with Crippen molar-refractivity contribution in [2.24, 2.45) is 0 Å². The summed E-state index contributed by atoms with van der Waals surface area (Å²) in [5.74, 6) is 0.606. The Bertz CT molecular complexity index is 1160. The highest BCUT2D eigenvalue weighted by molar-refractivity contribution is 6.06. The van der Waals surface area contributed by atoms with Crippen LogP contribution in [0, 0.1) is 0 Å². The monoisotopic (exact) mass is 444 g/mol. The Labute approximate surface area is 191 Å². The van der Waals surface area contributed by atoms with E-state index < -0.39 is 11.9 Å². The molecular formula is C27H24O6. The van der Waals surface area contributed by atoms with Gasteiger partial charge in [0.05, 0.1) is 11.5 Å². The lowest BCUT2D eigenvalue weighted by molar-refractivity contribution is -0.117. The van der Waals surface area contributed by atoms with Crippen molar-refractivity contribution in [2.75, 3.05) is 0 Å². The lowest BCUT2D eigenvalue weighted by Crippen LogP contribution is -2.30. The van der Waals surface area contributed by atoms with Crippen LogP contribution in [0.15, 0.2) is 71.2 Å². The normalized spacial score (nSPS) is 18.5. The van der Waals surface area contributed by atoms with E-state index in [9.17, 15) is 14.4 Å². The van der Waals surface area contributed by atoms with Crippen molar-refractivity contribution in [1.29, 1.82) is 0 Å². The Morgan fingerprint density at radius 2 is 1.48 bits per heavy atom. The summed E-state index contributed by atoms with van der Waals surface area (Å²) in [7, 11) is 0. The fourth-order valence-electron chi connectivity index (χ4n) is 4.88. The smallest absolute Gasteiger partial charge is 0.335 e. The van der Waals surface area contributed by atoms with Gasteiger partial charge in [0.25, 0.3) is 0 Å². The lowest BCUT2D eigenvalue weighted by atomic mass is 9.73. The molecule has 0 amide bonds. The van der Waals surface area contributed by atoms with Gasteiger partial charge in [0.2, 0.25) is 0 Å². The van der Waals surface area contributed by atoms with Gasteiger partial charge in [0.15, 0.2) is 11.6 Å². The quantitative estimate of drug-likeness (QED) is 0.691. The third-order valence-electron chi connectivity index (χ3n) is 6.47. The standard InChI is InChI=1S/C27H24O6/c28-19-6-3-9-22-25(19)24(26-20(29)7-4-10-23(26)33-22)18-5-1-2-8-21(18)32-15-16-11-13-17(14-12-16)27(30)31/h1-2,5,8,11-14,24H,3-4,6-7,9-10,15H2,(H,30,31). The molecule has 1 heterocycles. The Morgan fingerprint density at radius 1 is 0.879 bits per heavy atom. The first kappa shape index (κ1) is 21.2. The number of aromatic carboxylic acids is 1. The molecule has 168 valence electrons. The SMILES string of the molecule is O=C1CCCC2=C1C(c1ccccc1OCc1ccc(C(=O)O)cc1)C1=C(CCCC1=O)O2. The summed E-state index contributed by atoms with van der Waals surface area (Å²) in [6.45, 7) is 0.236. The van der Waals surface area contributed by atoms with Crippen LogP contribution in [0.25, 0.3) is 0 Å². The molecule has 0 radical (unpaired) electrons. The molecule has 33 heavy (non-hydrogen) atoms. The third-order valence-corrected chi connectivity index (χ3v) is 6.47. The average molecular weight is 444 g/mol. The number of benzene rings is 2. The number of hydrogen-bond donors (Lipinski definition) is 1. The van der Waals surface area contributed by atoms with E-state index in [1.54, 1.807) is 24.3 Å². The predicted octanol–water partition coefficient (Wildman–Crippen LogP) is 5.09. The Balaban J connectivity index is 1.52. The molecule has 0 saturated carbocycles. The van der Waals surface area contributed by atoms with Gasteiger partial charge in [0, 0.05) is 42.4 Å². The van der Waals surface area contributed by atoms with E-state index in [4.69, 9.17) is 14.6 Å². The summed E-state index contributed by atoms with van der Waals surface area (Å²) in [6, 6.07) is 14.0. The Kier molecular flexibility index (Phi) is 5.58. The maximum atomic E-state index is 13.0. The number of hydrogen-bond acceptors (Lipinski definition) is 5. The minimum atomic E-state index is -0.977. The van der Waals surface area contributed by atoms with Gasteiger partial charge < -0.3 is 14.6 Å². The highest BCUT2D eigenvalue weighted by Gasteiger charge is 2.42. The van der Waals surface area contributed by atoms with Gasteiger partial charge >= 0.3 is 5.97 Å². The van der Waals surface area contributed by atoms with E-state index in [1.165, 1.54) is 0 Å². The first-order chi connectivity index (χ1) is 16.0. The van der Waals surface area contributed by atoms with Crippen molar-refractivity contribution in [3.8, 4) is 5.75 Å². The molecule has 0 aromatic heterocycles. The summed E-state index contributed by atoms with van der Waals surface area (Å²) >= 11 is 0. The third kappa shape index (κ3) is 3.97. The van der Waals surface area contributed by atoms with Crippen molar-refractivity contribution in [3.05, 3.63) is 87.9 Å². The van der Waals surface area contributed by atoms with E-state index in [0.29, 0.717) is 54.1 Å². The van der Waals surface area contributed by atoms with Crippen LogP contribution < -0.4 is 4.74 Å². The van der Waals surface area contributed by atoms with Crippen molar-refractivity contribution < 1.29 is 29.0 Å². The molecule has 2 aliphatic carbocycles. The summed E-state index contributed by atoms with van der Waals surface area (Å²) in [4.78, 5) is 37.1. The Morgan fingerprint density at radius 3 is 2.09 bits per heavy atom. The zero-order chi connectivity index (χ0) is 22.9. The number of allylic oxidation sites excluding steroid dienone is 4. The van der Waals surface area contributed by atoms with Crippen molar-refractivity contribution >= 4 is 17.5 Å². The minimum Gasteiger partial charge on any atom is -0.489 e. The first-order valence-corrected chi connectivity index (χ1v) is 11.3. The maximum Gasteiger partial charge on any atom is 0.335 e. The van der Waals surface area contributed by atoms with Crippen LogP contribution in [-0.4, -0.2) is 22.6 Å². The molecule has 0 unspecified atom stereocenters. The molecule has 1 aliphatic heterocycles. The van der Waals surface area contributed by atoms with Gasteiger partial charge in [-0.1, -0.05) is 30.3 Å². The molecule has 0 bridgehead atoms. The van der Waals surface area contributed by atoms with E-state index >= 15 is 0 Å². The van der Waals surface area contributed by atoms with Gasteiger partial charge in [-0.2, -0.15) is 0 Å². The second kappa shape index (κ2) is 8.70. The topological polar surface area (TPSA) is 89.9 Å². The molecule has 0 spiro atoms. The van der Waals surface area contributed by atoms with Gasteiger partial charge in [-0.15, -0.1) is 0 Å². The van der Waals surface area contributed by atoms with Crippen LogP contribution in [0.4, 0.5) is 0 Å². The van der Waals surface area contributed by atoms with Crippen LogP contribution in [-0.2, 0) is 20.9 Å². The fraction of sp³-hybridized carbons (Fsp3) is 0.296. The number of ether oxygens (including phenoxy) is 2. The van der Waals surface area contributed by atoms with Crippen molar-refractivity contribution in [1.82, 2.24) is 0 Å². The molecule has 6 heteroatoms. The van der Waals surface area contributed by atoms with Crippen molar-refractivity contribution in [3.63, 3.8) is 0 Å². The number of carboxylic acids is 1. The summed E-state index contributed by atoms with van der Waals surface area (Å²) in [6.07, 6.45) is 3.81. The number of carbonyl (C=O) groups is 3. The zero-order valence-corrected chi connectivity index (χ0v) is 18.1. The Hall–Kier alpha value is -3.67. The number of carbonyl (C=O) groups excluding carboxylic acids is 2. The highest BCUT2D eigenvalue weighted by atomic mass is 16.5. The number of Topliss-reactive ketones (excluding diaryl/α,β-unsaturated/α-hetero) is 2.